The van der Waals surface area contributed by atoms with E-state index in [2.05, 4.69) is 17.6 Å². The molecule has 1 aromatic carbocycles. The van der Waals surface area contributed by atoms with Crippen LogP contribution in [-0.4, -0.2) is 5.17 Å². The van der Waals surface area contributed by atoms with Gasteiger partial charge >= 0.3 is 0 Å². The van der Waals surface area contributed by atoms with Gasteiger partial charge in [-0.05, 0) is 36.5 Å². The summed E-state index contributed by atoms with van der Waals surface area (Å²) in [7, 11) is 0. The average molecular weight is 186 g/mol. The van der Waals surface area contributed by atoms with Crippen molar-refractivity contribution in [3.63, 3.8) is 0 Å². The molecule has 0 fully saturated rings. The van der Waals surface area contributed by atoms with Crippen molar-refractivity contribution in [2.45, 2.75) is 0 Å². The van der Waals surface area contributed by atoms with Crippen LogP contribution in [0.1, 0.15) is 0 Å². The van der Waals surface area contributed by atoms with Gasteiger partial charge in [0.2, 0.25) is 0 Å². The number of hydrogen-bond acceptors (Lipinski definition) is 3. The summed E-state index contributed by atoms with van der Waals surface area (Å²) in [6.45, 7) is 0. The minimum absolute atomic E-state index is 0.0432. The third-order valence-electron chi connectivity index (χ3n) is 1.14. The molecule has 0 aliphatic heterocycles. The molecular formula is C7H7FN2OS. The van der Waals surface area contributed by atoms with Crippen molar-refractivity contribution in [2.24, 2.45) is 5.84 Å². The van der Waals surface area contributed by atoms with E-state index in [0.29, 0.717) is 5.75 Å². The van der Waals surface area contributed by atoms with Crippen molar-refractivity contribution in [2.75, 3.05) is 0 Å². The van der Waals surface area contributed by atoms with Crippen LogP contribution in [0.3, 0.4) is 0 Å². The molecule has 3 N–H and O–H groups in total. The summed E-state index contributed by atoms with van der Waals surface area (Å²) in [5, 5.41) is 0.0432. The van der Waals surface area contributed by atoms with Crippen molar-refractivity contribution in [3.05, 3.63) is 30.1 Å². The fourth-order valence-electron chi connectivity index (χ4n) is 0.639. The molecule has 0 heterocycles. The third-order valence-corrected chi connectivity index (χ3v) is 1.34. The van der Waals surface area contributed by atoms with E-state index in [1.54, 1.807) is 0 Å². The highest BCUT2D eigenvalue weighted by Gasteiger charge is 1.96. The van der Waals surface area contributed by atoms with Crippen LogP contribution in [0.4, 0.5) is 4.39 Å². The van der Waals surface area contributed by atoms with E-state index in [1.165, 1.54) is 24.3 Å². The van der Waals surface area contributed by atoms with Gasteiger partial charge in [0.25, 0.3) is 5.17 Å². The fraction of sp³-hybridized carbons (Fsp3) is 0. The lowest BCUT2D eigenvalue weighted by molar-refractivity contribution is 0.531. The van der Waals surface area contributed by atoms with Crippen molar-refractivity contribution >= 4 is 17.4 Å². The van der Waals surface area contributed by atoms with Gasteiger partial charge in [-0.1, -0.05) is 0 Å². The Hall–Kier alpha value is -1.20. The summed E-state index contributed by atoms with van der Waals surface area (Å²) in [6, 6.07) is 5.46. The van der Waals surface area contributed by atoms with E-state index in [0.717, 1.165) is 0 Å². The smallest absolute Gasteiger partial charge is 0.276 e. The molecule has 3 nitrogen and oxygen atoms in total. The molecule has 0 amide bonds. The molecule has 1 aromatic rings. The second-order valence-corrected chi connectivity index (χ2v) is 2.36. The van der Waals surface area contributed by atoms with Crippen LogP contribution >= 0.6 is 12.2 Å². The second kappa shape index (κ2) is 3.99. The lowest BCUT2D eigenvalue weighted by atomic mass is 10.3. The third kappa shape index (κ3) is 2.44. The Balaban J connectivity index is 2.64. The van der Waals surface area contributed by atoms with Gasteiger partial charge in [0.05, 0.1) is 0 Å². The average Bonchev–Trinajstić information content (AvgIpc) is 2.09. The molecule has 0 spiro atoms. The first kappa shape index (κ1) is 8.89. The van der Waals surface area contributed by atoms with Crippen LogP contribution in [0, 0.1) is 5.82 Å². The molecule has 5 heteroatoms. The first-order chi connectivity index (χ1) is 5.72. The predicted octanol–water partition coefficient (Wildman–Crippen LogP) is 0.953. The summed E-state index contributed by atoms with van der Waals surface area (Å²) in [5.74, 6) is 5.08. The Labute approximate surface area is 74.3 Å². The molecular weight excluding hydrogens is 179 g/mol. The first-order valence-electron chi connectivity index (χ1n) is 3.16. The van der Waals surface area contributed by atoms with E-state index in [1.807, 2.05) is 0 Å². The van der Waals surface area contributed by atoms with Gasteiger partial charge in [-0.3, -0.25) is 5.43 Å². The number of benzene rings is 1. The van der Waals surface area contributed by atoms with Gasteiger partial charge < -0.3 is 4.74 Å². The van der Waals surface area contributed by atoms with Crippen molar-refractivity contribution in [3.8, 4) is 5.75 Å². The Bertz CT molecular complexity index is 275. The van der Waals surface area contributed by atoms with Crippen LogP contribution in [0.5, 0.6) is 5.75 Å². The van der Waals surface area contributed by atoms with E-state index < -0.39 is 0 Å². The fourth-order valence-corrected chi connectivity index (χ4v) is 0.735. The lowest BCUT2D eigenvalue weighted by Gasteiger charge is -2.04. The van der Waals surface area contributed by atoms with Crippen LogP contribution < -0.4 is 16.0 Å². The van der Waals surface area contributed by atoms with Crippen molar-refractivity contribution in [1.29, 1.82) is 0 Å². The Morgan fingerprint density at radius 1 is 1.42 bits per heavy atom. The number of ether oxygens (including phenoxy) is 1. The van der Waals surface area contributed by atoms with E-state index in [-0.39, 0.29) is 11.0 Å². The van der Waals surface area contributed by atoms with E-state index >= 15 is 0 Å². The van der Waals surface area contributed by atoms with Crippen molar-refractivity contribution in [1.82, 2.24) is 5.43 Å². The maximum Gasteiger partial charge on any atom is 0.276 e. The minimum atomic E-state index is -0.325. The predicted molar refractivity (Wildman–Crippen MR) is 46.9 cm³/mol. The molecule has 0 aromatic heterocycles. The summed E-state index contributed by atoms with van der Waals surface area (Å²) in [5.41, 5.74) is 2.14. The summed E-state index contributed by atoms with van der Waals surface area (Å²) in [6.07, 6.45) is 0. The highest BCUT2D eigenvalue weighted by atomic mass is 32.1. The number of nitrogens with two attached hydrogens (primary N) is 1. The molecule has 1 rings (SSSR count). The molecule has 0 saturated heterocycles. The highest BCUT2D eigenvalue weighted by Crippen LogP contribution is 2.10. The molecule has 0 saturated carbocycles. The van der Waals surface area contributed by atoms with Gasteiger partial charge in [-0.15, -0.1) is 0 Å². The number of hydrazine groups is 1. The zero-order valence-electron chi connectivity index (χ0n) is 6.08. The maximum atomic E-state index is 12.4. The number of hydrogen-bond donors (Lipinski definition) is 2. The number of rotatable bonds is 1. The van der Waals surface area contributed by atoms with Crippen molar-refractivity contribution < 1.29 is 9.13 Å². The van der Waals surface area contributed by atoms with Crippen LogP contribution in [-0.2, 0) is 0 Å². The monoisotopic (exact) mass is 186 g/mol. The van der Waals surface area contributed by atoms with Crippen LogP contribution in [0.2, 0.25) is 0 Å². The Morgan fingerprint density at radius 3 is 2.50 bits per heavy atom. The van der Waals surface area contributed by atoms with Gasteiger partial charge in [0, 0.05) is 0 Å². The molecule has 0 radical (unpaired) electrons. The second-order valence-electron chi connectivity index (χ2n) is 1.99. The SMILES string of the molecule is NNC(=S)Oc1ccc(F)cc1. The first-order valence-corrected chi connectivity index (χ1v) is 3.57. The molecule has 12 heavy (non-hydrogen) atoms. The molecule has 0 bridgehead atoms. The van der Waals surface area contributed by atoms with E-state index in [9.17, 15) is 4.39 Å². The summed E-state index contributed by atoms with van der Waals surface area (Å²) >= 11 is 4.62. The lowest BCUT2D eigenvalue weighted by Crippen LogP contribution is -2.32. The number of nitrogens with one attached hydrogen (secondary N) is 1. The topological polar surface area (TPSA) is 47.3 Å². The standard InChI is InChI=1S/C7H7FN2OS/c8-5-1-3-6(4-2-5)11-7(12)10-9/h1-4H,9H2,(H,10,12). The Kier molecular flexibility index (Phi) is 2.95. The normalized spacial score (nSPS) is 9.17. The molecule has 0 aliphatic rings. The van der Waals surface area contributed by atoms with Crippen LogP contribution in [0.25, 0.3) is 0 Å². The molecule has 64 valence electrons. The molecule has 0 aliphatic carbocycles. The number of thiocarbonyl (C=S) groups is 1. The highest BCUT2D eigenvalue weighted by molar-refractivity contribution is 7.80. The summed E-state index contributed by atoms with van der Waals surface area (Å²) in [4.78, 5) is 0. The van der Waals surface area contributed by atoms with Crippen LogP contribution in [0.15, 0.2) is 24.3 Å². The van der Waals surface area contributed by atoms with Gasteiger partial charge in [0.15, 0.2) is 0 Å². The van der Waals surface area contributed by atoms with E-state index in [4.69, 9.17) is 10.6 Å². The zero-order valence-corrected chi connectivity index (χ0v) is 6.90. The quantitative estimate of drug-likeness (QED) is 0.389. The van der Waals surface area contributed by atoms with Gasteiger partial charge in [-0.2, -0.15) is 0 Å². The summed E-state index contributed by atoms with van der Waals surface area (Å²) < 4.78 is 17.3. The minimum Gasteiger partial charge on any atom is -0.431 e. The largest absolute Gasteiger partial charge is 0.431 e. The number of halogens is 1. The Morgan fingerprint density at radius 2 is 2.00 bits per heavy atom. The molecule has 0 atom stereocenters. The zero-order chi connectivity index (χ0) is 8.97. The maximum absolute atomic E-state index is 12.4. The van der Waals surface area contributed by atoms with Gasteiger partial charge in [-0.25, -0.2) is 10.2 Å². The van der Waals surface area contributed by atoms with Gasteiger partial charge in [0.1, 0.15) is 11.6 Å². The molecule has 0 unspecified atom stereocenters.